The molecule has 0 bridgehead atoms. The zero-order valence-electron chi connectivity index (χ0n) is 6.48. The molecule has 70 valence electrons. The standard InChI is InChI=1S/C8HF3N2S/c9-5-3(1-12)4(2-13)6(10)8(14)7(5)11/h14H. The molecule has 0 atom stereocenters. The molecule has 0 saturated heterocycles. The molecule has 0 heterocycles. The maximum Gasteiger partial charge on any atom is 0.179 e. The Labute approximate surface area is 82.6 Å². The van der Waals surface area contributed by atoms with Crippen LogP contribution in [0.25, 0.3) is 0 Å². The molecular formula is C8HF3N2S. The summed E-state index contributed by atoms with van der Waals surface area (Å²) in [6, 6.07) is 2.48. The Morgan fingerprint density at radius 2 is 1.29 bits per heavy atom. The number of nitriles is 2. The van der Waals surface area contributed by atoms with Crippen LogP contribution in [-0.2, 0) is 0 Å². The predicted molar refractivity (Wildman–Crippen MR) is 43.0 cm³/mol. The number of rotatable bonds is 0. The van der Waals surface area contributed by atoms with Gasteiger partial charge < -0.3 is 0 Å². The molecule has 1 aromatic rings. The van der Waals surface area contributed by atoms with Gasteiger partial charge in [0.2, 0.25) is 0 Å². The van der Waals surface area contributed by atoms with Crippen molar-refractivity contribution in [2.24, 2.45) is 0 Å². The number of thiol groups is 1. The van der Waals surface area contributed by atoms with Crippen molar-refractivity contribution >= 4 is 12.6 Å². The van der Waals surface area contributed by atoms with E-state index in [1.165, 1.54) is 12.1 Å². The van der Waals surface area contributed by atoms with Crippen LogP contribution in [0, 0.1) is 40.1 Å². The minimum atomic E-state index is -1.57. The Bertz CT molecular complexity index is 440. The van der Waals surface area contributed by atoms with Crippen LogP contribution in [0.3, 0.4) is 0 Å². The molecule has 0 amide bonds. The maximum atomic E-state index is 13.0. The molecule has 1 aromatic carbocycles. The first-order chi connectivity index (χ1) is 6.54. The molecule has 0 aliphatic rings. The van der Waals surface area contributed by atoms with Gasteiger partial charge in [-0.2, -0.15) is 10.5 Å². The Kier molecular flexibility index (Phi) is 2.68. The zero-order valence-corrected chi connectivity index (χ0v) is 7.37. The van der Waals surface area contributed by atoms with E-state index in [4.69, 9.17) is 10.5 Å². The van der Waals surface area contributed by atoms with Crippen LogP contribution in [0.2, 0.25) is 0 Å². The van der Waals surface area contributed by atoms with Crippen LogP contribution >= 0.6 is 12.6 Å². The van der Waals surface area contributed by atoms with Gasteiger partial charge in [0, 0.05) is 0 Å². The Hall–Kier alpha value is -1.66. The van der Waals surface area contributed by atoms with E-state index in [9.17, 15) is 13.2 Å². The van der Waals surface area contributed by atoms with Crippen molar-refractivity contribution in [1.29, 1.82) is 10.5 Å². The lowest BCUT2D eigenvalue weighted by Crippen LogP contribution is -2.01. The molecule has 0 spiro atoms. The Morgan fingerprint density at radius 1 is 0.857 bits per heavy atom. The molecule has 0 N–H and O–H groups in total. The lowest BCUT2D eigenvalue weighted by Gasteiger charge is -2.03. The van der Waals surface area contributed by atoms with Crippen LogP contribution < -0.4 is 0 Å². The summed E-state index contributed by atoms with van der Waals surface area (Å²) in [4.78, 5) is -0.905. The van der Waals surface area contributed by atoms with Crippen molar-refractivity contribution in [2.75, 3.05) is 0 Å². The fourth-order valence-electron chi connectivity index (χ4n) is 0.858. The van der Waals surface area contributed by atoms with Crippen molar-refractivity contribution in [2.45, 2.75) is 4.90 Å². The monoisotopic (exact) mass is 214 g/mol. The lowest BCUT2D eigenvalue weighted by molar-refractivity contribution is 0.464. The number of halogens is 3. The van der Waals surface area contributed by atoms with E-state index in [0.29, 0.717) is 0 Å². The van der Waals surface area contributed by atoms with Crippen molar-refractivity contribution < 1.29 is 13.2 Å². The second-order valence-electron chi connectivity index (χ2n) is 2.26. The number of hydrogen-bond acceptors (Lipinski definition) is 3. The van der Waals surface area contributed by atoms with Crippen LogP contribution in [0.1, 0.15) is 11.1 Å². The van der Waals surface area contributed by atoms with Gasteiger partial charge in [-0.25, -0.2) is 13.2 Å². The van der Waals surface area contributed by atoms with Crippen LogP contribution in [0.15, 0.2) is 4.90 Å². The number of benzene rings is 1. The summed E-state index contributed by atoms with van der Waals surface area (Å²) in [6.07, 6.45) is 0. The van der Waals surface area contributed by atoms with E-state index in [-0.39, 0.29) is 0 Å². The third kappa shape index (κ3) is 1.30. The highest BCUT2D eigenvalue weighted by Gasteiger charge is 2.22. The summed E-state index contributed by atoms with van der Waals surface area (Å²) in [5.74, 6) is -4.46. The summed E-state index contributed by atoms with van der Waals surface area (Å²) in [7, 11) is 0. The summed E-state index contributed by atoms with van der Waals surface area (Å²) in [6.45, 7) is 0. The lowest BCUT2D eigenvalue weighted by atomic mass is 10.1. The van der Waals surface area contributed by atoms with Crippen LogP contribution in [0.5, 0.6) is 0 Å². The summed E-state index contributed by atoms with van der Waals surface area (Å²) in [5, 5.41) is 16.8. The Morgan fingerprint density at radius 3 is 1.71 bits per heavy atom. The van der Waals surface area contributed by atoms with Gasteiger partial charge in [-0.15, -0.1) is 12.6 Å². The highest BCUT2D eigenvalue weighted by Crippen LogP contribution is 2.26. The molecule has 0 aliphatic carbocycles. The van der Waals surface area contributed by atoms with Crippen molar-refractivity contribution in [3.8, 4) is 12.1 Å². The van der Waals surface area contributed by atoms with E-state index in [0.717, 1.165) is 0 Å². The SMILES string of the molecule is N#Cc1c(F)c(F)c(S)c(F)c1C#N. The quantitative estimate of drug-likeness (QED) is 0.531. The van der Waals surface area contributed by atoms with E-state index in [1.54, 1.807) is 0 Å². The average Bonchev–Trinajstić information content (AvgIpc) is 2.20. The fourth-order valence-corrected chi connectivity index (χ4v) is 1.07. The Balaban J connectivity index is 3.79. The highest BCUT2D eigenvalue weighted by molar-refractivity contribution is 7.80. The van der Waals surface area contributed by atoms with Gasteiger partial charge >= 0.3 is 0 Å². The van der Waals surface area contributed by atoms with E-state index >= 15 is 0 Å². The van der Waals surface area contributed by atoms with Crippen LogP contribution in [-0.4, -0.2) is 0 Å². The van der Waals surface area contributed by atoms with Gasteiger partial charge in [-0.05, 0) is 0 Å². The molecular weight excluding hydrogens is 213 g/mol. The topological polar surface area (TPSA) is 47.6 Å². The van der Waals surface area contributed by atoms with Crippen LogP contribution in [0.4, 0.5) is 13.2 Å². The molecule has 0 unspecified atom stereocenters. The second-order valence-corrected chi connectivity index (χ2v) is 2.71. The van der Waals surface area contributed by atoms with Gasteiger partial charge in [0.1, 0.15) is 23.3 Å². The summed E-state index contributed by atoms with van der Waals surface area (Å²) in [5.41, 5.74) is -1.78. The van der Waals surface area contributed by atoms with Crippen molar-refractivity contribution in [1.82, 2.24) is 0 Å². The normalized spacial score (nSPS) is 9.29. The van der Waals surface area contributed by atoms with Gasteiger partial charge in [0.25, 0.3) is 0 Å². The zero-order chi connectivity index (χ0) is 10.9. The molecule has 14 heavy (non-hydrogen) atoms. The van der Waals surface area contributed by atoms with Crippen molar-refractivity contribution in [3.05, 3.63) is 28.6 Å². The molecule has 0 aliphatic heterocycles. The largest absolute Gasteiger partial charge is 0.204 e. The third-order valence-corrected chi connectivity index (χ3v) is 1.91. The maximum absolute atomic E-state index is 13.0. The van der Waals surface area contributed by atoms with Gasteiger partial charge in [-0.3, -0.25) is 0 Å². The van der Waals surface area contributed by atoms with Gasteiger partial charge in [0.05, 0.1) is 4.90 Å². The average molecular weight is 214 g/mol. The molecule has 6 heteroatoms. The smallest absolute Gasteiger partial charge is 0.179 e. The molecule has 0 aromatic heterocycles. The predicted octanol–water partition coefficient (Wildman–Crippen LogP) is 2.14. The summed E-state index contributed by atoms with van der Waals surface area (Å²) < 4.78 is 38.8. The van der Waals surface area contributed by atoms with E-state index < -0.39 is 33.5 Å². The number of nitrogens with zero attached hydrogens (tertiary/aromatic N) is 2. The molecule has 0 saturated carbocycles. The fraction of sp³-hybridized carbons (Fsp3) is 0. The third-order valence-electron chi connectivity index (χ3n) is 1.52. The minimum absolute atomic E-state index is 0.837. The van der Waals surface area contributed by atoms with Crippen molar-refractivity contribution in [3.63, 3.8) is 0 Å². The molecule has 0 fully saturated rings. The summed E-state index contributed by atoms with van der Waals surface area (Å²) >= 11 is 3.34. The van der Waals surface area contributed by atoms with E-state index in [1.807, 2.05) is 0 Å². The molecule has 2 nitrogen and oxygen atoms in total. The van der Waals surface area contributed by atoms with E-state index in [2.05, 4.69) is 12.6 Å². The first-order valence-electron chi connectivity index (χ1n) is 3.24. The first-order valence-corrected chi connectivity index (χ1v) is 3.68. The molecule has 1 rings (SSSR count). The van der Waals surface area contributed by atoms with Gasteiger partial charge in [-0.1, -0.05) is 0 Å². The number of hydrogen-bond donors (Lipinski definition) is 1. The first kappa shape index (κ1) is 10.4. The second kappa shape index (κ2) is 3.60. The highest BCUT2D eigenvalue weighted by atomic mass is 32.1. The van der Waals surface area contributed by atoms with Gasteiger partial charge in [0.15, 0.2) is 17.5 Å². The molecule has 0 radical (unpaired) electrons. The minimum Gasteiger partial charge on any atom is -0.204 e.